The van der Waals surface area contributed by atoms with Crippen LogP contribution < -0.4 is 5.56 Å². The van der Waals surface area contributed by atoms with Crippen LogP contribution in [0.25, 0.3) is 10.9 Å². The van der Waals surface area contributed by atoms with Crippen LogP contribution in [-0.4, -0.2) is 36.3 Å². The summed E-state index contributed by atoms with van der Waals surface area (Å²) in [5.74, 6) is 0.937. The monoisotopic (exact) mass is 335 g/mol. The van der Waals surface area contributed by atoms with E-state index in [4.69, 9.17) is 4.98 Å². The van der Waals surface area contributed by atoms with Crippen molar-refractivity contribution in [2.45, 2.75) is 44.4 Å². The molecule has 6 nitrogen and oxygen atoms in total. The summed E-state index contributed by atoms with van der Waals surface area (Å²) in [6.45, 7) is 1.63. The molecule has 1 fully saturated rings. The minimum absolute atomic E-state index is 0.106. The second kappa shape index (κ2) is 5.52. The maximum Gasteiger partial charge on any atom is 0.261 e. The Bertz CT molecular complexity index is 1000. The lowest BCUT2D eigenvalue weighted by molar-refractivity contribution is 0.180. The van der Waals surface area contributed by atoms with Crippen molar-refractivity contribution in [3.8, 4) is 0 Å². The fraction of sp³-hybridized carbons (Fsp3) is 0.421. The van der Waals surface area contributed by atoms with Gasteiger partial charge in [-0.1, -0.05) is 12.1 Å². The summed E-state index contributed by atoms with van der Waals surface area (Å²) >= 11 is 0. The highest BCUT2D eigenvalue weighted by Crippen LogP contribution is 2.32. The molecule has 4 heterocycles. The van der Waals surface area contributed by atoms with Crippen molar-refractivity contribution in [1.29, 1.82) is 0 Å². The number of aryl methyl sites for hydroxylation is 1. The van der Waals surface area contributed by atoms with Crippen molar-refractivity contribution in [3.05, 3.63) is 58.4 Å². The molecule has 2 aromatic heterocycles. The van der Waals surface area contributed by atoms with Gasteiger partial charge in [-0.15, -0.1) is 0 Å². The third-order valence-electron chi connectivity index (χ3n) is 5.65. The molecular weight excluding hydrogens is 314 g/mol. The van der Waals surface area contributed by atoms with Crippen molar-refractivity contribution in [2.24, 2.45) is 7.05 Å². The predicted molar refractivity (Wildman–Crippen MR) is 95.3 cm³/mol. The van der Waals surface area contributed by atoms with Crippen LogP contribution in [0.2, 0.25) is 0 Å². The Hall–Kier alpha value is -2.47. The zero-order valence-electron chi connectivity index (χ0n) is 14.3. The van der Waals surface area contributed by atoms with Crippen molar-refractivity contribution >= 4 is 10.9 Å². The predicted octanol–water partition coefficient (Wildman–Crippen LogP) is 1.72. The quantitative estimate of drug-likeness (QED) is 0.715. The van der Waals surface area contributed by atoms with Crippen molar-refractivity contribution in [1.82, 2.24) is 24.2 Å². The van der Waals surface area contributed by atoms with Crippen LogP contribution in [-0.2, 0) is 26.6 Å². The average molecular weight is 335 g/mol. The van der Waals surface area contributed by atoms with Gasteiger partial charge in [0.05, 0.1) is 17.1 Å². The van der Waals surface area contributed by atoms with Gasteiger partial charge in [0.15, 0.2) is 0 Å². The fourth-order valence-corrected chi connectivity index (χ4v) is 4.43. The Kier molecular flexibility index (Phi) is 3.28. The molecule has 0 spiro atoms. The molecule has 2 aliphatic heterocycles. The number of hydrogen-bond donors (Lipinski definition) is 0. The number of fused-ring (bicyclic) bond motifs is 4. The smallest absolute Gasteiger partial charge is 0.261 e. The first-order valence-electron chi connectivity index (χ1n) is 8.91. The zero-order valence-corrected chi connectivity index (χ0v) is 14.3. The first kappa shape index (κ1) is 14.8. The summed E-state index contributed by atoms with van der Waals surface area (Å²) in [6, 6.07) is 8.53. The lowest BCUT2D eigenvalue weighted by Crippen LogP contribution is -2.37. The van der Waals surface area contributed by atoms with Crippen molar-refractivity contribution in [3.63, 3.8) is 0 Å². The lowest BCUT2D eigenvalue weighted by Gasteiger charge is -2.26. The molecular formula is C19H21N5O. The minimum atomic E-state index is 0.106. The van der Waals surface area contributed by atoms with E-state index in [1.165, 1.54) is 12.0 Å². The van der Waals surface area contributed by atoms with Crippen LogP contribution in [0, 0.1) is 0 Å². The molecule has 1 saturated heterocycles. The van der Waals surface area contributed by atoms with Crippen LogP contribution in [0.4, 0.5) is 0 Å². The van der Waals surface area contributed by atoms with Crippen molar-refractivity contribution < 1.29 is 0 Å². The second-order valence-electron chi connectivity index (χ2n) is 7.24. The first-order valence-corrected chi connectivity index (χ1v) is 8.91. The van der Waals surface area contributed by atoms with Crippen LogP contribution in [0.3, 0.4) is 0 Å². The van der Waals surface area contributed by atoms with Gasteiger partial charge in [0, 0.05) is 50.4 Å². The normalized spacial score (nSPS) is 22.9. The summed E-state index contributed by atoms with van der Waals surface area (Å²) in [6.07, 6.45) is 7.18. The van der Waals surface area contributed by atoms with Gasteiger partial charge in [-0.25, -0.2) is 4.98 Å². The Balaban J connectivity index is 1.54. The minimum Gasteiger partial charge on any atom is -0.294 e. The number of benzene rings is 1. The molecule has 0 aliphatic carbocycles. The third-order valence-corrected chi connectivity index (χ3v) is 5.65. The summed E-state index contributed by atoms with van der Waals surface area (Å²) < 4.78 is 3.77. The van der Waals surface area contributed by atoms with E-state index in [0.29, 0.717) is 12.1 Å². The van der Waals surface area contributed by atoms with E-state index >= 15 is 0 Å². The number of hydrogen-bond acceptors (Lipinski definition) is 4. The van der Waals surface area contributed by atoms with Gasteiger partial charge in [-0.05, 0) is 25.0 Å². The Labute approximate surface area is 145 Å². The van der Waals surface area contributed by atoms with E-state index in [1.807, 2.05) is 46.8 Å². The molecule has 1 aromatic carbocycles. The number of para-hydroxylation sites is 1. The number of nitrogens with zero attached hydrogens (tertiary/aromatic N) is 5. The Morgan fingerprint density at radius 3 is 2.88 bits per heavy atom. The SMILES string of the molecule is Cn1cc(CN2C3CCC2Cn2c(nc4ccccc4c2=O)C3)cn1. The Morgan fingerprint density at radius 1 is 1.20 bits per heavy atom. The molecule has 2 atom stereocenters. The average Bonchev–Trinajstić information content (AvgIpc) is 3.13. The summed E-state index contributed by atoms with van der Waals surface area (Å²) in [7, 11) is 1.95. The molecule has 25 heavy (non-hydrogen) atoms. The molecule has 6 heteroatoms. The number of rotatable bonds is 2. The topological polar surface area (TPSA) is 56.0 Å². The standard InChI is InChI=1S/C19H21N5O/c1-22-10-13(9-20-22)11-23-14-6-7-15(23)12-24-18(8-14)21-17-5-3-2-4-16(17)19(24)25/h2-5,9-10,14-15H,6-8,11-12H2,1H3. The maximum atomic E-state index is 13.0. The highest BCUT2D eigenvalue weighted by molar-refractivity contribution is 5.77. The Morgan fingerprint density at radius 2 is 2.04 bits per heavy atom. The molecule has 0 radical (unpaired) electrons. The zero-order chi connectivity index (χ0) is 17.0. The van der Waals surface area contributed by atoms with Gasteiger partial charge in [-0.2, -0.15) is 5.10 Å². The molecule has 2 unspecified atom stereocenters. The maximum absolute atomic E-state index is 13.0. The van der Waals surface area contributed by atoms with Gasteiger partial charge in [0.2, 0.25) is 0 Å². The van der Waals surface area contributed by atoms with E-state index in [1.54, 1.807) is 0 Å². The lowest BCUT2D eigenvalue weighted by atomic mass is 10.1. The van der Waals surface area contributed by atoms with Gasteiger partial charge in [-0.3, -0.25) is 18.9 Å². The molecule has 3 aromatic rings. The highest BCUT2D eigenvalue weighted by atomic mass is 16.1. The van der Waals surface area contributed by atoms with Crippen LogP contribution in [0.1, 0.15) is 24.2 Å². The summed E-state index contributed by atoms with van der Waals surface area (Å²) in [5, 5.41) is 5.01. The van der Waals surface area contributed by atoms with Crippen LogP contribution in [0.5, 0.6) is 0 Å². The van der Waals surface area contributed by atoms with Crippen LogP contribution >= 0.6 is 0 Å². The molecule has 0 saturated carbocycles. The first-order chi connectivity index (χ1) is 12.2. The van der Waals surface area contributed by atoms with E-state index in [-0.39, 0.29) is 5.56 Å². The fourth-order valence-electron chi connectivity index (χ4n) is 4.43. The van der Waals surface area contributed by atoms with Crippen molar-refractivity contribution in [2.75, 3.05) is 0 Å². The molecule has 2 bridgehead atoms. The molecule has 128 valence electrons. The van der Waals surface area contributed by atoms with Gasteiger partial charge in [0.25, 0.3) is 5.56 Å². The molecule has 2 aliphatic rings. The number of aromatic nitrogens is 4. The van der Waals surface area contributed by atoms with Gasteiger partial charge in [0.1, 0.15) is 5.82 Å². The van der Waals surface area contributed by atoms with Crippen LogP contribution in [0.15, 0.2) is 41.5 Å². The second-order valence-corrected chi connectivity index (χ2v) is 7.24. The van der Waals surface area contributed by atoms with E-state index in [0.717, 1.165) is 42.7 Å². The molecule has 0 N–H and O–H groups in total. The summed E-state index contributed by atoms with van der Waals surface area (Å²) in [5.41, 5.74) is 2.15. The van der Waals surface area contributed by atoms with Gasteiger partial charge >= 0.3 is 0 Å². The summed E-state index contributed by atoms with van der Waals surface area (Å²) in [4.78, 5) is 20.3. The van der Waals surface area contributed by atoms with E-state index < -0.39 is 0 Å². The third kappa shape index (κ3) is 2.40. The van der Waals surface area contributed by atoms with E-state index in [2.05, 4.69) is 16.2 Å². The molecule has 5 rings (SSSR count). The van der Waals surface area contributed by atoms with Gasteiger partial charge < -0.3 is 0 Å². The highest BCUT2D eigenvalue weighted by Gasteiger charge is 2.37. The molecule has 0 amide bonds. The largest absolute Gasteiger partial charge is 0.294 e. The van der Waals surface area contributed by atoms with E-state index in [9.17, 15) is 4.79 Å².